The summed E-state index contributed by atoms with van der Waals surface area (Å²) in [4.78, 5) is 0. The molecule has 0 nitrogen and oxygen atoms in total. The van der Waals surface area contributed by atoms with Crippen molar-refractivity contribution >= 4 is 0 Å². The number of hydrogen-bond acceptors (Lipinski definition) is 0. The zero-order valence-corrected chi connectivity index (χ0v) is 17.7. The van der Waals surface area contributed by atoms with E-state index in [1.54, 1.807) is 0 Å². The van der Waals surface area contributed by atoms with E-state index in [-0.39, 0.29) is 0 Å². The van der Waals surface area contributed by atoms with Gasteiger partial charge in [-0.1, -0.05) is 90.8 Å². The van der Waals surface area contributed by atoms with Gasteiger partial charge >= 0.3 is 0 Å². The van der Waals surface area contributed by atoms with Crippen LogP contribution in [0, 0.1) is 24.2 Å². The Labute approximate surface area is 185 Å². The predicted molar refractivity (Wildman–Crippen MR) is 132 cm³/mol. The molecule has 0 aliphatic rings. The van der Waals surface area contributed by atoms with Crippen molar-refractivity contribution in [1.82, 2.24) is 0 Å². The third-order valence-corrected chi connectivity index (χ3v) is 5.40. The smallest absolute Gasteiger partial charge is 0.0337 e. The zero-order valence-electron chi connectivity index (χ0n) is 17.7. The molecule has 0 aromatic heterocycles. The normalized spacial score (nSPS) is 10.1. The second-order valence-corrected chi connectivity index (χ2v) is 7.60. The van der Waals surface area contributed by atoms with E-state index in [1.807, 2.05) is 6.92 Å². The molecule has 31 heavy (non-hydrogen) atoms. The molecule has 0 bridgehead atoms. The quantitative estimate of drug-likeness (QED) is 0.314. The standard InChI is InChI=1S/C31H24/c1-3-5-24-7-15-28(16-8-24)30-19-11-26(12-20-30)23-27-13-21-31(22-14-27)29-17-9-25(6-4-2)10-18-29/h1,7-22H,5,23H2,2H3. The number of hydrogen-bond donors (Lipinski definition) is 0. The number of terminal acetylenes is 1. The first-order chi connectivity index (χ1) is 15.2. The Balaban J connectivity index is 1.43. The molecular weight excluding hydrogens is 372 g/mol. The maximum atomic E-state index is 5.39. The van der Waals surface area contributed by atoms with Gasteiger partial charge in [-0.3, -0.25) is 0 Å². The highest BCUT2D eigenvalue weighted by atomic mass is 14.1. The molecule has 0 atom stereocenters. The minimum Gasteiger partial charge on any atom is -0.120 e. The van der Waals surface area contributed by atoms with E-state index in [1.165, 1.54) is 38.9 Å². The summed E-state index contributed by atoms with van der Waals surface area (Å²) in [6.07, 6.45) is 6.99. The minimum atomic E-state index is 0.677. The van der Waals surface area contributed by atoms with E-state index in [0.29, 0.717) is 6.42 Å². The number of rotatable bonds is 5. The molecule has 0 heterocycles. The maximum Gasteiger partial charge on any atom is 0.0337 e. The summed E-state index contributed by atoms with van der Waals surface area (Å²) in [5.41, 5.74) is 9.72. The summed E-state index contributed by atoms with van der Waals surface area (Å²) >= 11 is 0. The van der Waals surface area contributed by atoms with Gasteiger partial charge in [0.15, 0.2) is 0 Å². The molecular formula is C31H24. The molecule has 4 aromatic rings. The Hall–Kier alpha value is -4.00. The zero-order chi connectivity index (χ0) is 21.5. The molecule has 148 valence electrons. The van der Waals surface area contributed by atoms with Crippen LogP contribution in [-0.4, -0.2) is 0 Å². The second kappa shape index (κ2) is 9.67. The van der Waals surface area contributed by atoms with Crippen LogP contribution in [-0.2, 0) is 12.8 Å². The van der Waals surface area contributed by atoms with E-state index < -0.39 is 0 Å². The molecule has 0 fully saturated rings. The molecule has 0 heteroatoms. The largest absolute Gasteiger partial charge is 0.120 e. The van der Waals surface area contributed by atoms with Gasteiger partial charge in [0.1, 0.15) is 0 Å². The molecule has 4 aromatic carbocycles. The third-order valence-electron chi connectivity index (χ3n) is 5.40. The van der Waals surface area contributed by atoms with E-state index >= 15 is 0 Å². The van der Waals surface area contributed by atoms with Gasteiger partial charge in [-0.25, -0.2) is 0 Å². The van der Waals surface area contributed by atoms with Gasteiger partial charge in [-0.15, -0.1) is 18.3 Å². The second-order valence-electron chi connectivity index (χ2n) is 7.60. The van der Waals surface area contributed by atoms with E-state index in [2.05, 4.69) is 115 Å². The van der Waals surface area contributed by atoms with Gasteiger partial charge in [0, 0.05) is 12.0 Å². The van der Waals surface area contributed by atoms with Crippen molar-refractivity contribution < 1.29 is 0 Å². The highest BCUT2D eigenvalue weighted by molar-refractivity contribution is 5.65. The Kier molecular flexibility index (Phi) is 6.32. The molecule has 0 radical (unpaired) electrons. The Morgan fingerprint density at radius 2 is 0.935 bits per heavy atom. The summed E-state index contributed by atoms with van der Waals surface area (Å²) < 4.78 is 0. The van der Waals surface area contributed by atoms with Crippen LogP contribution in [0.5, 0.6) is 0 Å². The average molecular weight is 397 g/mol. The molecule has 0 saturated heterocycles. The van der Waals surface area contributed by atoms with Gasteiger partial charge in [-0.05, 0) is 64.4 Å². The first-order valence-electron chi connectivity index (χ1n) is 10.5. The fourth-order valence-electron chi connectivity index (χ4n) is 3.69. The van der Waals surface area contributed by atoms with Crippen molar-refractivity contribution in [3.8, 4) is 46.4 Å². The van der Waals surface area contributed by atoms with Crippen LogP contribution in [0.25, 0.3) is 22.3 Å². The van der Waals surface area contributed by atoms with Crippen molar-refractivity contribution in [3.05, 3.63) is 119 Å². The van der Waals surface area contributed by atoms with Crippen LogP contribution in [0.4, 0.5) is 0 Å². The molecule has 0 aliphatic heterocycles. The monoisotopic (exact) mass is 396 g/mol. The van der Waals surface area contributed by atoms with E-state index in [4.69, 9.17) is 6.42 Å². The lowest BCUT2D eigenvalue weighted by atomic mass is 9.97. The summed E-state index contributed by atoms with van der Waals surface area (Å²) in [6.45, 7) is 1.86. The number of benzene rings is 4. The van der Waals surface area contributed by atoms with Gasteiger partial charge in [0.05, 0.1) is 0 Å². The lowest BCUT2D eigenvalue weighted by molar-refractivity contribution is 1.19. The van der Waals surface area contributed by atoms with Crippen molar-refractivity contribution in [3.63, 3.8) is 0 Å². The summed E-state index contributed by atoms with van der Waals surface area (Å²) in [7, 11) is 0. The maximum absolute atomic E-state index is 5.39. The van der Waals surface area contributed by atoms with E-state index in [9.17, 15) is 0 Å². The minimum absolute atomic E-state index is 0.677. The fraction of sp³-hybridized carbons (Fsp3) is 0.0968. The van der Waals surface area contributed by atoms with Crippen molar-refractivity contribution in [2.24, 2.45) is 0 Å². The average Bonchev–Trinajstić information content (AvgIpc) is 2.82. The van der Waals surface area contributed by atoms with Crippen LogP contribution < -0.4 is 0 Å². The van der Waals surface area contributed by atoms with Crippen molar-refractivity contribution in [2.75, 3.05) is 0 Å². The first kappa shape index (κ1) is 20.3. The van der Waals surface area contributed by atoms with Gasteiger partial charge in [0.25, 0.3) is 0 Å². The van der Waals surface area contributed by atoms with E-state index in [0.717, 1.165) is 12.0 Å². The molecule has 0 spiro atoms. The van der Waals surface area contributed by atoms with Crippen molar-refractivity contribution in [2.45, 2.75) is 19.8 Å². The van der Waals surface area contributed by atoms with Crippen LogP contribution >= 0.6 is 0 Å². The Morgan fingerprint density at radius 1 is 0.548 bits per heavy atom. The van der Waals surface area contributed by atoms with Gasteiger partial charge < -0.3 is 0 Å². The summed E-state index contributed by atoms with van der Waals surface area (Å²) in [6, 6.07) is 34.5. The molecule has 0 aliphatic carbocycles. The molecule has 0 N–H and O–H groups in total. The highest BCUT2D eigenvalue weighted by Gasteiger charge is 2.02. The lowest BCUT2D eigenvalue weighted by Crippen LogP contribution is -1.89. The van der Waals surface area contributed by atoms with Crippen LogP contribution in [0.2, 0.25) is 0 Å². The van der Waals surface area contributed by atoms with Crippen LogP contribution in [0.3, 0.4) is 0 Å². The SMILES string of the molecule is C#CCc1ccc(-c2ccc(Cc3ccc(-c4ccc(C#CC)cc4)cc3)cc2)cc1. The highest BCUT2D eigenvalue weighted by Crippen LogP contribution is 2.23. The molecule has 0 saturated carbocycles. The third kappa shape index (κ3) is 5.14. The van der Waals surface area contributed by atoms with Crippen molar-refractivity contribution in [1.29, 1.82) is 0 Å². The van der Waals surface area contributed by atoms with Crippen LogP contribution in [0.15, 0.2) is 97.1 Å². The first-order valence-corrected chi connectivity index (χ1v) is 10.5. The van der Waals surface area contributed by atoms with Gasteiger partial charge in [0.2, 0.25) is 0 Å². The fourth-order valence-corrected chi connectivity index (χ4v) is 3.69. The van der Waals surface area contributed by atoms with Crippen LogP contribution in [0.1, 0.15) is 29.2 Å². The Bertz CT molecular complexity index is 1240. The Morgan fingerprint density at radius 3 is 1.32 bits per heavy atom. The lowest BCUT2D eigenvalue weighted by Gasteiger charge is -2.07. The topological polar surface area (TPSA) is 0 Å². The van der Waals surface area contributed by atoms with Gasteiger partial charge in [-0.2, -0.15) is 0 Å². The molecule has 0 amide bonds. The molecule has 0 unspecified atom stereocenters. The molecule has 4 rings (SSSR count). The summed E-state index contributed by atoms with van der Waals surface area (Å²) in [5.74, 6) is 8.71. The predicted octanol–water partition coefficient (Wildman–Crippen LogP) is 7.16. The summed E-state index contributed by atoms with van der Waals surface area (Å²) in [5, 5.41) is 0.